The maximum Gasteiger partial charge on any atom is 0.0582 e. The van der Waals surface area contributed by atoms with Crippen LogP contribution < -0.4 is 5.32 Å². The van der Waals surface area contributed by atoms with Crippen LogP contribution in [0.3, 0.4) is 0 Å². The number of nitrogens with one attached hydrogen (secondary N) is 1. The largest absolute Gasteiger partial charge is 0.395 e. The van der Waals surface area contributed by atoms with Gasteiger partial charge < -0.3 is 10.4 Å². The monoisotopic (exact) mass is 199 g/mol. The Morgan fingerprint density at radius 3 is 2.62 bits per heavy atom. The summed E-state index contributed by atoms with van der Waals surface area (Å²) in [4.78, 5) is 2.66. The van der Waals surface area contributed by atoms with Gasteiger partial charge in [0, 0.05) is 21.8 Å². The second kappa shape index (κ2) is 4.74. The van der Waals surface area contributed by atoms with Crippen LogP contribution >= 0.6 is 11.3 Å². The van der Waals surface area contributed by atoms with Gasteiger partial charge in [0.25, 0.3) is 0 Å². The molecule has 0 bridgehead atoms. The van der Waals surface area contributed by atoms with Crippen molar-refractivity contribution in [1.82, 2.24) is 5.32 Å². The summed E-state index contributed by atoms with van der Waals surface area (Å²) in [6, 6.07) is 4.77. The van der Waals surface area contributed by atoms with Crippen LogP contribution in [0.25, 0.3) is 0 Å². The summed E-state index contributed by atoms with van der Waals surface area (Å²) in [7, 11) is 0. The normalized spacial score (nSPS) is 15.7. The molecule has 1 rings (SSSR count). The van der Waals surface area contributed by atoms with E-state index in [9.17, 15) is 0 Å². The van der Waals surface area contributed by atoms with E-state index in [2.05, 4.69) is 31.3 Å². The first-order chi connectivity index (χ1) is 6.13. The molecule has 0 saturated heterocycles. The number of hydrogen-bond acceptors (Lipinski definition) is 3. The third kappa shape index (κ3) is 3.10. The highest BCUT2D eigenvalue weighted by atomic mass is 32.1. The number of aryl methyl sites for hydroxylation is 1. The molecule has 3 heteroatoms. The second-order valence-electron chi connectivity index (χ2n) is 3.42. The second-order valence-corrected chi connectivity index (χ2v) is 4.74. The predicted octanol–water partition coefficient (Wildman–Crippen LogP) is 2.09. The number of aliphatic hydroxyl groups excluding tert-OH is 1. The molecule has 0 aliphatic rings. The molecule has 0 radical (unpaired) electrons. The zero-order valence-corrected chi connectivity index (χ0v) is 9.19. The molecule has 0 saturated carbocycles. The maximum atomic E-state index is 8.88. The molecule has 0 spiro atoms. The van der Waals surface area contributed by atoms with Gasteiger partial charge in [0.05, 0.1) is 6.61 Å². The quantitative estimate of drug-likeness (QED) is 0.778. The maximum absolute atomic E-state index is 8.88. The lowest BCUT2D eigenvalue weighted by molar-refractivity contribution is 0.243. The molecule has 0 amide bonds. The van der Waals surface area contributed by atoms with Crippen LogP contribution in [0.1, 0.15) is 29.6 Å². The van der Waals surface area contributed by atoms with Crippen LogP contribution in [0.5, 0.6) is 0 Å². The van der Waals surface area contributed by atoms with Gasteiger partial charge in [-0.25, -0.2) is 0 Å². The van der Waals surface area contributed by atoms with Crippen LogP contribution in [-0.2, 0) is 0 Å². The highest BCUT2D eigenvalue weighted by Crippen LogP contribution is 2.22. The molecule has 2 N–H and O–H groups in total. The van der Waals surface area contributed by atoms with Crippen LogP contribution in [0.15, 0.2) is 12.1 Å². The molecule has 0 unspecified atom stereocenters. The van der Waals surface area contributed by atoms with Gasteiger partial charge in [-0.3, -0.25) is 0 Å². The minimum Gasteiger partial charge on any atom is -0.395 e. The first-order valence-electron chi connectivity index (χ1n) is 4.56. The number of hydrogen-bond donors (Lipinski definition) is 2. The predicted molar refractivity (Wildman–Crippen MR) is 57.2 cm³/mol. The summed E-state index contributed by atoms with van der Waals surface area (Å²) in [5, 5.41) is 12.2. The summed E-state index contributed by atoms with van der Waals surface area (Å²) in [5.74, 6) is 0. The Morgan fingerprint density at radius 1 is 1.46 bits per heavy atom. The zero-order chi connectivity index (χ0) is 9.84. The van der Waals surface area contributed by atoms with Gasteiger partial charge in [-0.15, -0.1) is 11.3 Å². The van der Waals surface area contributed by atoms with E-state index in [0.717, 1.165) is 0 Å². The highest BCUT2D eigenvalue weighted by Gasteiger charge is 2.09. The average Bonchev–Trinajstić information content (AvgIpc) is 2.51. The minimum absolute atomic E-state index is 0.164. The van der Waals surface area contributed by atoms with Crippen molar-refractivity contribution in [2.45, 2.75) is 32.9 Å². The van der Waals surface area contributed by atoms with Gasteiger partial charge in [0.1, 0.15) is 0 Å². The molecular weight excluding hydrogens is 182 g/mol. The number of rotatable bonds is 4. The summed E-state index contributed by atoms with van der Waals surface area (Å²) in [6.07, 6.45) is 0. The average molecular weight is 199 g/mol. The van der Waals surface area contributed by atoms with E-state index in [1.54, 1.807) is 11.3 Å². The Hall–Kier alpha value is -0.380. The summed E-state index contributed by atoms with van der Waals surface area (Å²) >= 11 is 1.80. The van der Waals surface area contributed by atoms with E-state index >= 15 is 0 Å². The van der Waals surface area contributed by atoms with E-state index in [1.807, 2.05) is 6.92 Å². The lowest BCUT2D eigenvalue weighted by Crippen LogP contribution is -2.31. The third-order valence-corrected chi connectivity index (χ3v) is 3.18. The van der Waals surface area contributed by atoms with Gasteiger partial charge in [-0.05, 0) is 32.9 Å². The van der Waals surface area contributed by atoms with Crippen molar-refractivity contribution in [3.63, 3.8) is 0 Å². The van der Waals surface area contributed by atoms with Crippen molar-refractivity contribution in [3.8, 4) is 0 Å². The van der Waals surface area contributed by atoms with Crippen LogP contribution in [0, 0.1) is 6.92 Å². The summed E-state index contributed by atoms with van der Waals surface area (Å²) < 4.78 is 0. The van der Waals surface area contributed by atoms with Crippen molar-refractivity contribution < 1.29 is 5.11 Å². The summed E-state index contributed by atoms with van der Waals surface area (Å²) in [5.41, 5.74) is 0. The SMILES string of the molecule is Cc1ccc([C@@H](C)N[C@H](C)CO)s1. The van der Waals surface area contributed by atoms with Gasteiger partial charge >= 0.3 is 0 Å². The Labute approximate surface area is 83.6 Å². The Balaban J connectivity index is 2.53. The van der Waals surface area contributed by atoms with Gasteiger partial charge in [0.2, 0.25) is 0 Å². The number of aliphatic hydroxyl groups is 1. The Kier molecular flexibility index (Phi) is 3.90. The van der Waals surface area contributed by atoms with E-state index in [0.29, 0.717) is 6.04 Å². The first kappa shape index (κ1) is 10.7. The van der Waals surface area contributed by atoms with Crippen LogP contribution in [-0.4, -0.2) is 17.8 Å². The Morgan fingerprint density at radius 2 is 2.15 bits per heavy atom. The van der Waals surface area contributed by atoms with Crippen LogP contribution in [0.2, 0.25) is 0 Å². The van der Waals surface area contributed by atoms with E-state index in [-0.39, 0.29) is 12.6 Å². The standard InChI is InChI=1S/C10H17NOS/c1-7(6-12)11-9(3)10-5-4-8(2)13-10/h4-5,7,9,11-12H,6H2,1-3H3/t7-,9-/m1/s1. The van der Waals surface area contributed by atoms with Gasteiger partial charge in [-0.2, -0.15) is 0 Å². The topological polar surface area (TPSA) is 32.3 Å². The molecule has 0 aromatic carbocycles. The third-order valence-electron chi connectivity index (χ3n) is 2.00. The molecule has 2 atom stereocenters. The lowest BCUT2D eigenvalue weighted by Gasteiger charge is -2.16. The van der Waals surface area contributed by atoms with Crippen molar-refractivity contribution in [2.24, 2.45) is 0 Å². The molecule has 1 aromatic rings. The van der Waals surface area contributed by atoms with Crippen molar-refractivity contribution in [1.29, 1.82) is 0 Å². The molecule has 1 heterocycles. The molecule has 1 aromatic heterocycles. The fourth-order valence-corrected chi connectivity index (χ4v) is 2.14. The molecule has 0 aliphatic carbocycles. The van der Waals surface area contributed by atoms with E-state index in [1.165, 1.54) is 9.75 Å². The van der Waals surface area contributed by atoms with Crippen molar-refractivity contribution in [3.05, 3.63) is 21.9 Å². The molecule has 2 nitrogen and oxygen atoms in total. The van der Waals surface area contributed by atoms with E-state index in [4.69, 9.17) is 5.11 Å². The molecule has 13 heavy (non-hydrogen) atoms. The molecule has 0 aliphatic heterocycles. The smallest absolute Gasteiger partial charge is 0.0582 e. The Bertz CT molecular complexity index is 259. The van der Waals surface area contributed by atoms with Crippen LogP contribution in [0.4, 0.5) is 0 Å². The van der Waals surface area contributed by atoms with Gasteiger partial charge in [-0.1, -0.05) is 0 Å². The van der Waals surface area contributed by atoms with Crippen molar-refractivity contribution in [2.75, 3.05) is 6.61 Å². The first-order valence-corrected chi connectivity index (χ1v) is 5.38. The number of thiophene rings is 1. The van der Waals surface area contributed by atoms with E-state index < -0.39 is 0 Å². The minimum atomic E-state index is 0.164. The zero-order valence-electron chi connectivity index (χ0n) is 8.37. The van der Waals surface area contributed by atoms with Crippen molar-refractivity contribution >= 4 is 11.3 Å². The highest BCUT2D eigenvalue weighted by molar-refractivity contribution is 7.12. The fourth-order valence-electron chi connectivity index (χ4n) is 1.25. The van der Waals surface area contributed by atoms with Gasteiger partial charge in [0.15, 0.2) is 0 Å². The fraction of sp³-hybridized carbons (Fsp3) is 0.600. The lowest BCUT2D eigenvalue weighted by atomic mass is 10.2. The molecule has 74 valence electrons. The molecular formula is C10H17NOS. The summed E-state index contributed by atoms with van der Waals surface area (Å²) in [6.45, 7) is 6.40. The molecule has 0 fully saturated rings.